The molecule has 0 radical (unpaired) electrons. The Labute approximate surface area is 104 Å². The lowest BCUT2D eigenvalue weighted by Gasteiger charge is -2.10. The van der Waals surface area contributed by atoms with Gasteiger partial charge in [0.25, 0.3) is 0 Å². The Morgan fingerprint density at radius 2 is 1.88 bits per heavy atom. The van der Waals surface area contributed by atoms with Gasteiger partial charge in [-0.3, -0.25) is 0 Å². The Morgan fingerprint density at radius 3 is 2.53 bits per heavy atom. The molecule has 0 bridgehead atoms. The van der Waals surface area contributed by atoms with Crippen LogP contribution < -0.4 is 10.5 Å². The summed E-state index contributed by atoms with van der Waals surface area (Å²) in [5.41, 5.74) is 6.35. The van der Waals surface area contributed by atoms with Gasteiger partial charge in [0.2, 0.25) is 0 Å². The molecule has 0 aromatic heterocycles. The highest BCUT2D eigenvalue weighted by Gasteiger charge is 1.98. The van der Waals surface area contributed by atoms with Gasteiger partial charge in [0.15, 0.2) is 0 Å². The third-order valence-electron chi connectivity index (χ3n) is 2.68. The SMILES string of the molecule is CC[C@H](C)COCCCOc1ccc(N)cc1. The van der Waals surface area contributed by atoms with Gasteiger partial charge in [0.05, 0.1) is 6.61 Å². The van der Waals surface area contributed by atoms with Crippen molar-refractivity contribution < 1.29 is 9.47 Å². The summed E-state index contributed by atoms with van der Waals surface area (Å²) in [6.07, 6.45) is 2.09. The molecule has 96 valence electrons. The summed E-state index contributed by atoms with van der Waals surface area (Å²) in [5, 5.41) is 0. The van der Waals surface area contributed by atoms with E-state index in [2.05, 4.69) is 13.8 Å². The lowest BCUT2D eigenvalue weighted by molar-refractivity contribution is 0.0926. The molecule has 3 nitrogen and oxygen atoms in total. The fraction of sp³-hybridized carbons (Fsp3) is 0.571. The van der Waals surface area contributed by atoms with Crippen LogP contribution in [-0.4, -0.2) is 19.8 Å². The molecule has 0 heterocycles. The topological polar surface area (TPSA) is 44.5 Å². The Morgan fingerprint density at radius 1 is 1.18 bits per heavy atom. The molecule has 2 N–H and O–H groups in total. The minimum atomic E-state index is 0.646. The zero-order chi connectivity index (χ0) is 12.5. The number of nitrogens with two attached hydrogens (primary N) is 1. The first-order valence-electron chi connectivity index (χ1n) is 6.28. The molecule has 0 saturated carbocycles. The normalized spacial score (nSPS) is 12.4. The third kappa shape index (κ3) is 6.17. The van der Waals surface area contributed by atoms with E-state index in [-0.39, 0.29) is 0 Å². The van der Waals surface area contributed by atoms with Crippen LogP contribution >= 0.6 is 0 Å². The maximum absolute atomic E-state index is 5.59. The van der Waals surface area contributed by atoms with Gasteiger partial charge < -0.3 is 15.2 Å². The van der Waals surface area contributed by atoms with Crippen LogP contribution in [0, 0.1) is 5.92 Å². The Hall–Kier alpha value is -1.22. The van der Waals surface area contributed by atoms with Crippen LogP contribution in [0.15, 0.2) is 24.3 Å². The van der Waals surface area contributed by atoms with E-state index in [0.717, 1.165) is 31.1 Å². The molecule has 0 aliphatic heterocycles. The van der Waals surface area contributed by atoms with Crippen molar-refractivity contribution in [3.05, 3.63) is 24.3 Å². The van der Waals surface area contributed by atoms with Gasteiger partial charge in [0, 0.05) is 25.3 Å². The molecular formula is C14H23NO2. The zero-order valence-electron chi connectivity index (χ0n) is 10.8. The zero-order valence-corrected chi connectivity index (χ0v) is 10.8. The second-order valence-corrected chi connectivity index (χ2v) is 4.36. The summed E-state index contributed by atoms with van der Waals surface area (Å²) in [7, 11) is 0. The highest BCUT2D eigenvalue weighted by Crippen LogP contribution is 2.13. The quantitative estimate of drug-likeness (QED) is 0.558. The van der Waals surface area contributed by atoms with Crippen molar-refractivity contribution in [3.8, 4) is 5.75 Å². The van der Waals surface area contributed by atoms with Gasteiger partial charge in [-0.1, -0.05) is 20.3 Å². The monoisotopic (exact) mass is 237 g/mol. The summed E-state index contributed by atoms with van der Waals surface area (Å²) >= 11 is 0. The van der Waals surface area contributed by atoms with Gasteiger partial charge in [-0.25, -0.2) is 0 Å². The lowest BCUT2D eigenvalue weighted by atomic mass is 10.1. The second kappa shape index (κ2) is 7.96. The minimum Gasteiger partial charge on any atom is -0.494 e. The summed E-state index contributed by atoms with van der Waals surface area (Å²) in [6, 6.07) is 7.45. The van der Waals surface area contributed by atoms with E-state index in [0.29, 0.717) is 12.5 Å². The van der Waals surface area contributed by atoms with Crippen LogP contribution in [-0.2, 0) is 4.74 Å². The van der Waals surface area contributed by atoms with Crippen molar-refractivity contribution >= 4 is 5.69 Å². The molecule has 0 fully saturated rings. The predicted octanol–water partition coefficient (Wildman–Crippen LogP) is 3.10. The Bertz CT molecular complexity index is 298. The number of hydrogen-bond acceptors (Lipinski definition) is 3. The van der Waals surface area contributed by atoms with Gasteiger partial charge in [0.1, 0.15) is 5.75 Å². The number of hydrogen-bond donors (Lipinski definition) is 1. The van der Waals surface area contributed by atoms with Gasteiger partial charge in [-0.15, -0.1) is 0 Å². The Kier molecular flexibility index (Phi) is 6.48. The van der Waals surface area contributed by atoms with E-state index in [9.17, 15) is 0 Å². The number of rotatable bonds is 8. The molecule has 1 rings (SSSR count). The fourth-order valence-corrected chi connectivity index (χ4v) is 1.32. The van der Waals surface area contributed by atoms with Crippen molar-refractivity contribution in [3.63, 3.8) is 0 Å². The van der Waals surface area contributed by atoms with Gasteiger partial charge in [-0.05, 0) is 30.2 Å². The average molecular weight is 237 g/mol. The van der Waals surface area contributed by atoms with E-state index in [1.54, 1.807) is 0 Å². The second-order valence-electron chi connectivity index (χ2n) is 4.36. The number of anilines is 1. The van der Waals surface area contributed by atoms with Crippen molar-refractivity contribution in [2.45, 2.75) is 26.7 Å². The minimum absolute atomic E-state index is 0.646. The first-order valence-corrected chi connectivity index (χ1v) is 6.28. The van der Waals surface area contributed by atoms with Crippen molar-refractivity contribution in [1.82, 2.24) is 0 Å². The summed E-state index contributed by atoms with van der Waals surface area (Å²) in [4.78, 5) is 0. The molecule has 0 aliphatic rings. The van der Waals surface area contributed by atoms with Crippen LogP contribution in [0.2, 0.25) is 0 Å². The Balaban J connectivity index is 2.02. The molecule has 0 aliphatic carbocycles. The lowest BCUT2D eigenvalue weighted by Crippen LogP contribution is -2.08. The smallest absolute Gasteiger partial charge is 0.119 e. The summed E-state index contributed by atoms with van der Waals surface area (Å²) < 4.78 is 11.1. The fourth-order valence-electron chi connectivity index (χ4n) is 1.32. The molecule has 0 saturated heterocycles. The predicted molar refractivity (Wildman–Crippen MR) is 71.2 cm³/mol. The van der Waals surface area contributed by atoms with Crippen molar-refractivity contribution in [1.29, 1.82) is 0 Å². The van der Waals surface area contributed by atoms with Crippen molar-refractivity contribution in [2.24, 2.45) is 5.92 Å². The van der Waals surface area contributed by atoms with Crippen LogP contribution in [0.5, 0.6) is 5.75 Å². The van der Waals surface area contributed by atoms with E-state index in [1.165, 1.54) is 6.42 Å². The molecule has 0 amide bonds. The van der Waals surface area contributed by atoms with E-state index >= 15 is 0 Å². The maximum Gasteiger partial charge on any atom is 0.119 e. The highest BCUT2D eigenvalue weighted by atomic mass is 16.5. The summed E-state index contributed by atoms with van der Waals surface area (Å²) in [6.45, 7) is 6.67. The molecular weight excluding hydrogens is 214 g/mol. The molecule has 1 aromatic rings. The highest BCUT2D eigenvalue weighted by molar-refractivity contribution is 5.41. The number of ether oxygens (including phenoxy) is 2. The maximum atomic E-state index is 5.59. The van der Waals surface area contributed by atoms with E-state index in [4.69, 9.17) is 15.2 Å². The van der Waals surface area contributed by atoms with Crippen molar-refractivity contribution in [2.75, 3.05) is 25.6 Å². The van der Waals surface area contributed by atoms with Crippen LogP contribution in [0.25, 0.3) is 0 Å². The van der Waals surface area contributed by atoms with Gasteiger partial charge >= 0.3 is 0 Å². The van der Waals surface area contributed by atoms with E-state index < -0.39 is 0 Å². The molecule has 0 unspecified atom stereocenters. The van der Waals surface area contributed by atoms with Crippen LogP contribution in [0.4, 0.5) is 5.69 Å². The first kappa shape index (κ1) is 13.8. The molecule has 1 atom stereocenters. The molecule has 1 aromatic carbocycles. The average Bonchev–Trinajstić information content (AvgIpc) is 2.35. The third-order valence-corrected chi connectivity index (χ3v) is 2.68. The first-order chi connectivity index (χ1) is 8.22. The molecule has 3 heteroatoms. The van der Waals surface area contributed by atoms with E-state index in [1.807, 2.05) is 24.3 Å². The molecule has 0 spiro atoms. The number of benzene rings is 1. The van der Waals surface area contributed by atoms with Gasteiger partial charge in [-0.2, -0.15) is 0 Å². The largest absolute Gasteiger partial charge is 0.494 e. The summed E-state index contributed by atoms with van der Waals surface area (Å²) in [5.74, 6) is 1.51. The number of nitrogen functional groups attached to an aromatic ring is 1. The molecule has 17 heavy (non-hydrogen) atoms. The van der Waals surface area contributed by atoms with Crippen LogP contribution in [0.1, 0.15) is 26.7 Å². The van der Waals surface area contributed by atoms with Crippen LogP contribution in [0.3, 0.4) is 0 Å². The standard InChI is InChI=1S/C14H23NO2/c1-3-12(2)11-16-9-4-10-17-14-7-5-13(15)6-8-14/h5-8,12H,3-4,9-11,15H2,1-2H3/t12-/m0/s1.